The minimum absolute atomic E-state index is 0.301. The number of rotatable bonds is 3. The van der Waals surface area contributed by atoms with E-state index in [-0.39, 0.29) is 0 Å². The summed E-state index contributed by atoms with van der Waals surface area (Å²) in [6, 6.07) is 19.5. The molecule has 1 unspecified atom stereocenters. The molecular weight excluding hydrogens is 352 g/mol. The Bertz CT molecular complexity index is 527. The monoisotopic (exact) mass is 364 g/mol. The van der Waals surface area contributed by atoms with E-state index in [2.05, 4.69) is 86.5 Å². The molecule has 92 valence electrons. The van der Waals surface area contributed by atoms with Gasteiger partial charge in [0.15, 0.2) is 0 Å². The molecule has 2 aromatic rings. The first-order valence-corrected chi connectivity index (χ1v) is 7.88. The summed E-state index contributed by atoms with van der Waals surface area (Å²) in [5.41, 5.74) is 3.11. The SMILES string of the molecule is Brc1ccc(C(Br)C2(c3ccccc3)CC2)cc1. The van der Waals surface area contributed by atoms with Gasteiger partial charge in [0.2, 0.25) is 0 Å². The van der Waals surface area contributed by atoms with Gasteiger partial charge in [0, 0.05) is 14.7 Å². The molecule has 0 nitrogen and oxygen atoms in total. The van der Waals surface area contributed by atoms with Gasteiger partial charge in [-0.2, -0.15) is 0 Å². The lowest BCUT2D eigenvalue weighted by atomic mass is 9.89. The molecule has 1 fully saturated rings. The van der Waals surface area contributed by atoms with E-state index in [9.17, 15) is 0 Å². The molecule has 0 radical (unpaired) electrons. The maximum absolute atomic E-state index is 3.92. The molecule has 1 saturated carbocycles. The van der Waals surface area contributed by atoms with Crippen molar-refractivity contribution < 1.29 is 0 Å². The van der Waals surface area contributed by atoms with E-state index in [1.807, 2.05) is 0 Å². The second kappa shape index (κ2) is 4.82. The third-order valence-electron chi connectivity index (χ3n) is 3.79. The number of alkyl halides is 1. The lowest BCUT2D eigenvalue weighted by Gasteiger charge is -2.23. The predicted molar refractivity (Wildman–Crippen MR) is 83.2 cm³/mol. The van der Waals surface area contributed by atoms with Crippen LogP contribution in [0.3, 0.4) is 0 Å². The maximum atomic E-state index is 3.92. The summed E-state index contributed by atoms with van der Waals surface area (Å²) in [6.45, 7) is 0. The Hall–Kier alpha value is -0.600. The van der Waals surface area contributed by atoms with Crippen LogP contribution in [0, 0.1) is 0 Å². The van der Waals surface area contributed by atoms with Gasteiger partial charge in [-0.25, -0.2) is 0 Å². The zero-order chi connectivity index (χ0) is 12.6. The Morgan fingerprint density at radius 2 is 1.50 bits per heavy atom. The van der Waals surface area contributed by atoms with Crippen LogP contribution >= 0.6 is 31.9 Å². The Kier molecular flexibility index (Phi) is 3.33. The van der Waals surface area contributed by atoms with Gasteiger partial charge in [-0.05, 0) is 36.1 Å². The lowest BCUT2D eigenvalue weighted by molar-refractivity contribution is 0.681. The lowest BCUT2D eigenvalue weighted by Crippen LogP contribution is -2.13. The molecule has 2 heteroatoms. The highest BCUT2D eigenvalue weighted by atomic mass is 79.9. The fourth-order valence-corrected chi connectivity index (χ4v) is 3.84. The molecule has 3 rings (SSSR count). The second-order valence-corrected chi connectivity index (χ2v) is 6.77. The van der Waals surface area contributed by atoms with Crippen LogP contribution in [-0.2, 0) is 5.41 Å². The van der Waals surface area contributed by atoms with E-state index in [1.54, 1.807) is 0 Å². The summed E-state index contributed by atoms with van der Waals surface area (Å²) in [7, 11) is 0. The molecule has 0 aliphatic heterocycles. The fourth-order valence-electron chi connectivity index (χ4n) is 2.54. The highest BCUT2D eigenvalue weighted by molar-refractivity contribution is 9.10. The van der Waals surface area contributed by atoms with Crippen LogP contribution in [0.2, 0.25) is 0 Å². The van der Waals surface area contributed by atoms with E-state index in [1.165, 1.54) is 24.0 Å². The van der Waals surface area contributed by atoms with Gasteiger partial charge in [-0.1, -0.05) is 74.3 Å². The highest BCUT2D eigenvalue weighted by Gasteiger charge is 2.50. The molecule has 1 atom stereocenters. The average molecular weight is 366 g/mol. The molecule has 18 heavy (non-hydrogen) atoms. The molecule has 2 aromatic carbocycles. The average Bonchev–Trinajstić information content (AvgIpc) is 3.21. The van der Waals surface area contributed by atoms with Gasteiger partial charge in [0.25, 0.3) is 0 Å². The van der Waals surface area contributed by atoms with Crippen molar-refractivity contribution in [1.82, 2.24) is 0 Å². The van der Waals surface area contributed by atoms with Crippen molar-refractivity contribution in [3.8, 4) is 0 Å². The molecule has 0 amide bonds. The van der Waals surface area contributed by atoms with E-state index >= 15 is 0 Å². The molecule has 0 aromatic heterocycles. The van der Waals surface area contributed by atoms with Crippen LogP contribution < -0.4 is 0 Å². The van der Waals surface area contributed by atoms with Crippen LogP contribution in [0.25, 0.3) is 0 Å². The number of benzene rings is 2. The van der Waals surface area contributed by atoms with Crippen molar-refractivity contribution in [1.29, 1.82) is 0 Å². The van der Waals surface area contributed by atoms with Crippen LogP contribution in [-0.4, -0.2) is 0 Å². The Morgan fingerprint density at radius 1 is 0.889 bits per heavy atom. The summed E-state index contributed by atoms with van der Waals surface area (Å²) < 4.78 is 1.13. The topological polar surface area (TPSA) is 0 Å². The predicted octanol–water partition coefficient (Wildman–Crippen LogP) is 5.62. The summed E-state index contributed by atoms with van der Waals surface area (Å²) in [5.74, 6) is 0. The van der Waals surface area contributed by atoms with Crippen molar-refractivity contribution in [3.05, 3.63) is 70.2 Å². The zero-order valence-electron chi connectivity index (χ0n) is 9.94. The standard InChI is InChI=1S/C16H14Br2/c17-14-8-6-12(7-9-14)15(18)16(10-11-16)13-4-2-1-3-5-13/h1-9,15H,10-11H2. The maximum Gasteiger partial charge on any atom is 0.0491 e. The Labute approximate surface area is 125 Å². The van der Waals surface area contributed by atoms with E-state index in [0.29, 0.717) is 10.2 Å². The van der Waals surface area contributed by atoms with Gasteiger partial charge in [-0.3, -0.25) is 0 Å². The van der Waals surface area contributed by atoms with Gasteiger partial charge < -0.3 is 0 Å². The van der Waals surface area contributed by atoms with Crippen LogP contribution in [0.1, 0.15) is 28.8 Å². The van der Waals surface area contributed by atoms with Gasteiger partial charge in [-0.15, -0.1) is 0 Å². The molecular formula is C16H14Br2. The molecule has 0 spiro atoms. The van der Waals surface area contributed by atoms with Gasteiger partial charge >= 0.3 is 0 Å². The van der Waals surface area contributed by atoms with Crippen molar-refractivity contribution in [2.24, 2.45) is 0 Å². The highest BCUT2D eigenvalue weighted by Crippen LogP contribution is 2.59. The van der Waals surface area contributed by atoms with Crippen molar-refractivity contribution in [2.75, 3.05) is 0 Å². The molecule has 1 aliphatic carbocycles. The minimum Gasteiger partial charge on any atom is -0.0829 e. The smallest absolute Gasteiger partial charge is 0.0491 e. The molecule has 0 saturated heterocycles. The van der Waals surface area contributed by atoms with Crippen molar-refractivity contribution >= 4 is 31.9 Å². The minimum atomic E-state index is 0.301. The molecule has 1 aliphatic rings. The first kappa shape index (κ1) is 12.4. The number of hydrogen-bond donors (Lipinski definition) is 0. The largest absolute Gasteiger partial charge is 0.0829 e. The van der Waals surface area contributed by atoms with Crippen molar-refractivity contribution in [2.45, 2.75) is 23.1 Å². The van der Waals surface area contributed by atoms with E-state index < -0.39 is 0 Å². The Morgan fingerprint density at radius 3 is 2.06 bits per heavy atom. The quantitative estimate of drug-likeness (QED) is 0.619. The summed E-state index contributed by atoms with van der Waals surface area (Å²) in [4.78, 5) is 0.403. The first-order chi connectivity index (χ1) is 8.72. The molecule has 0 bridgehead atoms. The third-order valence-corrected chi connectivity index (χ3v) is 5.72. The zero-order valence-corrected chi connectivity index (χ0v) is 13.1. The summed E-state index contributed by atoms with van der Waals surface area (Å²) in [5, 5.41) is 0. The van der Waals surface area contributed by atoms with Crippen LogP contribution in [0.5, 0.6) is 0 Å². The second-order valence-electron chi connectivity index (χ2n) is 4.94. The van der Waals surface area contributed by atoms with E-state index in [0.717, 1.165) is 4.47 Å². The number of halogens is 2. The van der Waals surface area contributed by atoms with Gasteiger partial charge in [0.1, 0.15) is 0 Å². The van der Waals surface area contributed by atoms with E-state index in [4.69, 9.17) is 0 Å². The third kappa shape index (κ3) is 2.17. The fraction of sp³-hybridized carbons (Fsp3) is 0.250. The molecule has 0 heterocycles. The van der Waals surface area contributed by atoms with Crippen molar-refractivity contribution in [3.63, 3.8) is 0 Å². The normalized spacial score (nSPS) is 18.3. The Balaban J connectivity index is 1.93. The summed E-state index contributed by atoms with van der Waals surface area (Å²) in [6.07, 6.45) is 2.53. The van der Waals surface area contributed by atoms with Crippen LogP contribution in [0.4, 0.5) is 0 Å². The summed E-state index contributed by atoms with van der Waals surface area (Å²) >= 11 is 7.41. The van der Waals surface area contributed by atoms with Gasteiger partial charge in [0.05, 0.1) is 0 Å². The first-order valence-electron chi connectivity index (χ1n) is 6.17. The number of hydrogen-bond acceptors (Lipinski definition) is 0. The van der Waals surface area contributed by atoms with Crippen LogP contribution in [0.15, 0.2) is 59.1 Å². The molecule has 0 N–H and O–H groups in total.